The van der Waals surface area contributed by atoms with Gasteiger partial charge in [-0.25, -0.2) is 24.7 Å². The molecule has 2 fully saturated rings. The molecule has 2 aromatic heterocycles. The number of aromatic nitrogens is 3. The van der Waals surface area contributed by atoms with Crippen molar-refractivity contribution in [2.24, 2.45) is 4.99 Å². The van der Waals surface area contributed by atoms with Gasteiger partial charge in [0.05, 0.1) is 24.6 Å². The van der Waals surface area contributed by atoms with Crippen LogP contribution in [0.1, 0.15) is 26.7 Å². The molecular formula is C26H28F3N9O4. The summed E-state index contributed by atoms with van der Waals surface area (Å²) in [6.07, 6.45) is -2.07. The number of Topliss-reactive ketones (excluding diaryl/α,β-unsaturated/α-hetero) is 1. The summed E-state index contributed by atoms with van der Waals surface area (Å²) in [5.41, 5.74) is 0.823. The normalized spacial score (nSPS) is 22.4. The fourth-order valence-corrected chi connectivity index (χ4v) is 5.35. The van der Waals surface area contributed by atoms with Crippen LogP contribution in [-0.2, 0) is 14.4 Å². The molecule has 0 saturated carbocycles. The average Bonchev–Trinajstić information content (AvgIpc) is 3.56. The molecule has 3 aliphatic rings. The Labute approximate surface area is 238 Å². The standard InChI is InChI=1S/C26H28F3N9O4/c1-14(39)12-38-23(41)21-22(35(3)25(38)42)32-15(2)37(21)13-20(40)34-19-8-4-6-17(33-19)16-10-30-24(31-11-16)36-9-5-7-18(36)26(27,28)29/h4,6,8,10-11,18,21-22H,5,7,9,12-13H2,1-3H3,(H,33,34,40)/t18-,21?,22?/m0/s1. The van der Waals surface area contributed by atoms with Gasteiger partial charge in [-0.15, -0.1) is 0 Å². The summed E-state index contributed by atoms with van der Waals surface area (Å²) in [4.78, 5) is 72.3. The van der Waals surface area contributed by atoms with Crippen LogP contribution in [0.4, 0.5) is 29.7 Å². The molecule has 4 amide bonds. The lowest BCUT2D eigenvalue weighted by Gasteiger charge is -2.40. The molecule has 5 rings (SSSR count). The minimum atomic E-state index is -4.38. The molecule has 0 spiro atoms. The summed E-state index contributed by atoms with van der Waals surface area (Å²) < 4.78 is 40.0. The topological polar surface area (TPSA) is 144 Å². The minimum absolute atomic E-state index is 0.0121. The number of imide groups is 1. The number of nitrogens with one attached hydrogen (secondary N) is 1. The molecule has 1 N–H and O–H groups in total. The van der Waals surface area contributed by atoms with Crippen LogP contribution in [0.3, 0.4) is 0 Å². The third-order valence-electron chi connectivity index (χ3n) is 7.33. The Morgan fingerprint density at radius 2 is 1.83 bits per heavy atom. The number of hydrogen-bond acceptors (Lipinski definition) is 10. The lowest BCUT2D eigenvalue weighted by Crippen LogP contribution is -2.66. The molecule has 0 radical (unpaired) electrons. The van der Waals surface area contributed by atoms with Gasteiger partial charge in [-0.1, -0.05) is 6.07 Å². The molecule has 16 heteroatoms. The van der Waals surface area contributed by atoms with Crippen molar-refractivity contribution >= 4 is 41.2 Å². The summed E-state index contributed by atoms with van der Waals surface area (Å²) in [5, 5.41) is 2.67. The summed E-state index contributed by atoms with van der Waals surface area (Å²) in [6, 6.07) is 1.59. The van der Waals surface area contributed by atoms with Gasteiger partial charge in [0.15, 0.2) is 12.2 Å². The molecule has 5 heterocycles. The highest BCUT2D eigenvalue weighted by Gasteiger charge is 2.52. The summed E-state index contributed by atoms with van der Waals surface area (Å²) >= 11 is 0. The lowest BCUT2D eigenvalue weighted by molar-refractivity contribution is -0.146. The van der Waals surface area contributed by atoms with Crippen LogP contribution in [0.25, 0.3) is 11.3 Å². The zero-order chi connectivity index (χ0) is 30.3. The van der Waals surface area contributed by atoms with Crippen molar-refractivity contribution in [2.75, 3.05) is 36.9 Å². The van der Waals surface area contributed by atoms with Gasteiger partial charge in [0.1, 0.15) is 17.6 Å². The van der Waals surface area contributed by atoms with Crippen molar-refractivity contribution in [1.82, 2.24) is 29.7 Å². The highest BCUT2D eigenvalue weighted by Crippen LogP contribution is 2.35. The second kappa shape index (κ2) is 11.0. The molecule has 0 aliphatic carbocycles. The summed E-state index contributed by atoms with van der Waals surface area (Å²) in [6.45, 7) is 2.44. The van der Waals surface area contributed by atoms with Gasteiger partial charge in [-0.3, -0.25) is 19.3 Å². The third-order valence-corrected chi connectivity index (χ3v) is 7.33. The molecule has 13 nitrogen and oxygen atoms in total. The van der Waals surface area contributed by atoms with E-state index in [2.05, 4.69) is 25.3 Å². The first kappa shape index (κ1) is 28.9. The first-order valence-corrected chi connectivity index (χ1v) is 13.2. The molecule has 0 aromatic carbocycles. The number of carbonyl (C=O) groups is 4. The van der Waals surface area contributed by atoms with Crippen LogP contribution in [0.2, 0.25) is 0 Å². The van der Waals surface area contributed by atoms with Crippen LogP contribution >= 0.6 is 0 Å². The maximum absolute atomic E-state index is 13.3. The SMILES string of the molecule is CC(=O)CN1C(=O)C2C(N=C(C)N2CC(=O)Nc2cccc(-c3cnc(N4CCC[C@H]4C(F)(F)F)nc3)n2)N(C)C1=O. The van der Waals surface area contributed by atoms with Gasteiger partial charge in [-0.2, -0.15) is 13.2 Å². The monoisotopic (exact) mass is 587 g/mol. The van der Waals surface area contributed by atoms with Crippen LogP contribution < -0.4 is 10.2 Å². The van der Waals surface area contributed by atoms with E-state index in [1.807, 2.05) is 0 Å². The van der Waals surface area contributed by atoms with Gasteiger partial charge in [0.25, 0.3) is 5.91 Å². The molecule has 3 aliphatic heterocycles. The number of fused-ring (bicyclic) bond motifs is 1. The predicted octanol–water partition coefficient (Wildman–Crippen LogP) is 1.92. The maximum Gasteiger partial charge on any atom is 0.408 e. The second-order valence-corrected chi connectivity index (χ2v) is 10.3. The summed E-state index contributed by atoms with van der Waals surface area (Å²) in [5.74, 6) is -0.956. The van der Waals surface area contributed by atoms with E-state index in [9.17, 15) is 32.3 Å². The number of amidine groups is 1. The molecule has 2 aromatic rings. The number of alkyl halides is 3. The number of ketones is 1. The van der Waals surface area contributed by atoms with Crippen molar-refractivity contribution in [2.45, 2.75) is 51.1 Å². The number of halogens is 3. The van der Waals surface area contributed by atoms with E-state index in [0.29, 0.717) is 23.5 Å². The molecular weight excluding hydrogens is 559 g/mol. The Morgan fingerprint density at radius 3 is 2.50 bits per heavy atom. The molecule has 222 valence electrons. The predicted molar refractivity (Wildman–Crippen MR) is 143 cm³/mol. The lowest BCUT2D eigenvalue weighted by atomic mass is 10.1. The fourth-order valence-electron chi connectivity index (χ4n) is 5.35. The zero-order valence-corrected chi connectivity index (χ0v) is 23.0. The largest absolute Gasteiger partial charge is 0.408 e. The van der Waals surface area contributed by atoms with Crippen LogP contribution in [0.5, 0.6) is 0 Å². The van der Waals surface area contributed by atoms with Crippen LogP contribution in [-0.4, -0.2) is 110 Å². The van der Waals surface area contributed by atoms with E-state index >= 15 is 0 Å². The van der Waals surface area contributed by atoms with E-state index in [1.165, 1.54) is 36.2 Å². The number of hydrogen-bond donors (Lipinski definition) is 1. The number of amides is 4. The van der Waals surface area contributed by atoms with Crippen LogP contribution in [0, 0.1) is 0 Å². The maximum atomic E-state index is 13.3. The number of rotatable bonds is 7. The number of aliphatic imine (C=N–C) groups is 1. The number of anilines is 2. The van der Waals surface area contributed by atoms with Gasteiger partial charge in [0, 0.05) is 31.5 Å². The van der Waals surface area contributed by atoms with Crippen molar-refractivity contribution in [3.8, 4) is 11.3 Å². The highest BCUT2D eigenvalue weighted by molar-refractivity contribution is 6.06. The number of likely N-dealkylation sites (N-methyl/N-ethyl adjacent to an activating group) is 1. The Morgan fingerprint density at radius 1 is 1.12 bits per heavy atom. The van der Waals surface area contributed by atoms with E-state index in [4.69, 9.17) is 0 Å². The summed E-state index contributed by atoms with van der Waals surface area (Å²) in [7, 11) is 1.48. The quantitative estimate of drug-likeness (QED) is 0.514. The number of urea groups is 1. The number of pyridine rings is 1. The molecule has 2 unspecified atom stereocenters. The van der Waals surface area contributed by atoms with Crippen molar-refractivity contribution in [3.05, 3.63) is 30.6 Å². The Balaban J connectivity index is 1.27. The second-order valence-electron chi connectivity index (χ2n) is 10.3. The van der Waals surface area contributed by atoms with E-state index in [0.717, 1.165) is 9.80 Å². The fraction of sp³-hybridized carbons (Fsp3) is 0.462. The van der Waals surface area contributed by atoms with Gasteiger partial charge in [-0.05, 0) is 38.8 Å². The zero-order valence-electron chi connectivity index (χ0n) is 23.0. The average molecular weight is 588 g/mol. The first-order valence-electron chi connectivity index (χ1n) is 13.2. The minimum Gasteiger partial charge on any atom is -0.336 e. The van der Waals surface area contributed by atoms with Crippen LogP contribution in [0.15, 0.2) is 35.6 Å². The molecule has 0 bridgehead atoms. The molecule has 3 atom stereocenters. The Bertz CT molecular complexity index is 1450. The number of carbonyl (C=O) groups excluding carboxylic acids is 4. The first-order chi connectivity index (χ1) is 19.8. The van der Waals surface area contributed by atoms with Gasteiger partial charge >= 0.3 is 12.2 Å². The smallest absolute Gasteiger partial charge is 0.336 e. The van der Waals surface area contributed by atoms with Gasteiger partial charge in [0.2, 0.25) is 11.9 Å². The van der Waals surface area contributed by atoms with E-state index < -0.39 is 42.3 Å². The Kier molecular flexibility index (Phi) is 7.55. The van der Waals surface area contributed by atoms with Crippen molar-refractivity contribution < 1.29 is 32.3 Å². The van der Waals surface area contributed by atoms with E-state index in [-0.39, 0.29) is 43.6 Å². The molecule has 2 saturated heterocycles. The van der Waals surface area contributed by atoms with E-state index in [1.54, 1.807) is 25.1 Å². The Hall–Kier alpha value is -4.63. The molecule has 42 heavy (non-hydrogen) atoms. The highest BCUT2D eigenvalue weighted by atomic mass is 19.4. The van der Waals surface area contributed by atoms with Crippen molar-refractivity contribution in [1.29, 1.82) is 0 Å². The van der Waals surface area contributed by atoms with Crippen molar-refractivity contribution in [3.63, 3.8) is 0 Å². The third kappa shape index (κ3) is 5.47. The number of nitrogens with zero attached hydrogens (tertiary/aromatic N) is 8. The van der Waals surface area contributed by atoms with Gasteiger partial charge < -0.3 is 20.0 Å².